The number of nitrogens with one attached hydrogen (secondary N) is 1. The van der Waals surface area contributed by atoms with Crippen LogP contribution in [0.4, 0.5) is 18.9 Å². The summed E-state index contributed by atoms with van der Waals surface area (Å²) in [6.45, 7) is 0.701. The van der Waals surface area contributed by atoms with E-state index in [1.807, 2.05) is 18.2 Å². The zero-order valence-corrected chi connectivity index (χ0v) is 17.1. The number of nitrogens with zero attached hydrogens (tertiary/aromatic N) is 2. The van der Waals surface area contributed by atoms with Crippen LogP contribution in [-0.2, 0) is 20.8 Å². The highest BCUT2D eigenvalue weighted by Crippen LogP contribution is 2.26. The summed E-state index contributed by atoms with van der Waals surface area (Å²) in [5.74, 6) is -3.47. The number of anilines is 1. The number of alkyl halides is 3. The number of benzene rings is 1. The number of carboxylic acids is 1. The molecule has 0 bridgehead atoms. The molecule has 0 aliphatic carbocycles. The Bertz CT molecular complexity index is 1070. The number of carboxylic acid groups (broad SMARTS) is 1. The lowest BCUT2D eigenvalue weighted by Gasteiger charge is -2.28. The highest BCUT2D eigenvalue weighted by Gasteiger charge is 2.38. The fourth-order valence-corrected chi connectivity index (χ4v) is 2.86. The molecule has 2 aromatic rings. The van der Waals surface area contributed by atoms with Crippen molar-refractivity contribution in [1.82, 2.24) is 10.5 Å². The number of rotatable bonds is 4. The average molecular weight is 463 g/mol. The number of fused-ring (bicyclic) bond motifs is 1. The fraction of sp³-hybridized carbons (Fsp3) is 0.182. The Hall–Kier alpha value is -3.99. The predicted molar refractivity (Wildman–Crippen MR) is 113 cm³/mol. The molecule has 3 N–H and O–H groups in total. The zero-order valence-electron chi connectivity index (χ0n) is 17.1. The zero-order chi connectivity index (χ0) is 24.4. The topological polar surface area (TPSA) is 120 Å². The van der Waals surface area contributed by atoms with Crippen molar-refractivity contribution in [1.29, 1.82) is 0 Å². The standard InChI is InChI=1S/C20H19N3O3.C2HF3O2/c24-19(22-26)12-10-16-7-3-8-17(21-16)11-13-20(25)23-14-4-6-15-5-1-2-9-18(15)23;3-2(4,5)1(6)7/h1-3,5,7-13,26H,4,6,14H2,(H,22,24);(H,6,7). The lowest BCUT2D eigenvalue weighted by Crippen LogP contribution is -2.34. The minimum absolute atomic E-state index is 0.0837. The molecule has 3 rings (SSSR count). The molecule has 11 heteroatoms. The van der Waals surface area contributed by atoms with Crippen molar-refractivity contribution in [2.45, 2.75) is 19.0 Å². The molecule has 0 saturated heterocycles. The summed E-state index contributed by atoms with van der Waals surface area (Å²) >= 11 is 0. The number of carbonyl (C=O) groups is 3. The molecule has 0 saturated carbocycles. The first kappa shape index (κ1) is 25.3. The van der Waals surface area contributed by atoms with Crippen LogP contribution < -0.4 is 10.4 Å². The van der Waals surface area contributed by atoms with Crippen molar-refractivity contribution >= 4 is 35.6 Å². The van der Waals surface area contributed by atoms with Gasteiger partial charge >= 0.3 is 12.1 Å². The highest BCUT2D eigenvalue weighted by molar-refractivity contribution is 6.04. The van der Waals surface area contributed by atoms with E-state index < -0.39 is 18.1 Å². The molecule has 1 aromatic heterocycles. The number of aromatic nitrogens is 1. The van der Waals surface area contributed by atoms with Gasteiger partial charge in [0.15, 0.2) is 0 Å². The second kappa shape index (κ2) is 11.6. The van der Waals surface area contributed by atoms with Gasteiger partial charge in [-0.05, 0) is 48.8 Å². The first-order chi connectivity index (χ1) is 15.6. The number of carbonyl (C=O) groups excluding carboxylic acids is 2. The van der Waals surface area contributed by atoms with Crippen molar-refractivity contribution in [3.63, 3.8) is 0 Å². The number of aliphatic carboxylic acids is 1. The molecule has 2 amide bonds. The summed E-state index contributed by atoms with van der Waals surface area (Å²) in [4.78, 5) is 38.6. The van der Waals surface area contributed by atoms with Crippen molar-refractivity contribution in [2.24, 2.45) is 0 Å². The van der Waals surface area contributed by atoms with E-state index in [2.05, 4.69) is 11.1 Å². The molecule has 174 valence electrons. The van der Waals surface area contributed by atoms with Gasteiger partial charge in [-0.25, -0.2) is 15.3 Å². The Morgan fingerprint density at radius 2 is 1.61 bits per heavy atom. The summed E-state index contributed by atoms with van der Waals surface area (Å²) in [5, 5.41) is 15.6. The minimum Gasteiger partial charge on any atom is -0.475 e. The number of hydrogen-bond acceptors (Lipinski definition) is 5. The molecule has 2 heterocycles. The molecule has 1 aromatic carbocycles. The van der Waals surface area contributed by atoms with Gasteiger partial charge in [0, 0.05) is 24.4 Å². The van der Waals surface area contributed by atoms with Crippen LogP contribution in [0.25, 0.3) is 12.2 Å². The quantitative estimate of drug-likeness (QED) is 0.364. The van der Waals surface area contributed by atoms with Gasteiger partial charge in [0.2, 0.25) is 0 Å². The minimum atomic E-state index is -5.08. The number of hydroxylamine groups is 1. The van der Waals surface area contributed by atoms with Crippen LogP contribution in [0.15, 0.2) is 54.6 Å². The molecule has 1 aliphatic rings. The van der Waals surface area contributed by atoms with Crippen LogP contribution in [0.2, 0.25) is 0 Å². The molecular formula is C22H20F3N3O5. The van der Waals surface area contributed by atoms with E-state index in [-0.39, 0.29) is 5.91 Å². The van der Waals surface area contributed by atoms with E-state index >= 15 is 0 Å². The Morgan fingerprint density at radius 3 is 2.21 bits per heavy atom. The molecule has 0 fully saturated rings. The molecule has 0 spiro atoms. The van der Waals surface area contributed by atoms with Gasteiger partial charge < -0.3 is 10.0 Å². The Labute approximate surface area is 186 Å². The molecule has 0 atom stereocenters. The van der Waals surface area contributed by atoms with Crippen molar-refractivity contribution in [3.8, 4) is 0 Å². The average Bonchev–Trinajstić information content (AvgIpc) is 2.80. The van der Waals surface area contributed by atoms with Gasteiger partial charge in [-0.15, -0.1) is 0 Å². The Balaban J connectivity index is 0.000000479. The number of aryl methyl sites for hydroxylation is 1. The maximum Gasteiger partial charge on any atom is 0.490 e. The van der Waals surface area contributed by atoms with E-state index in [0.29, 0.717) is 17.9 Å². The number of para-hydroxylation sites is 1. The summed E-state index contributed by atoms with van der Waals surface area (Å²) in [6, 6.07) is 13.2. The number of pyridine rings is 1. The van der Waals surface area contributed by atoms with Gasteiger partial charge in [-0.2, -0.15) is 13.2 Å². The van der Waals surface area contributed by atoms with Crippen LogP contribution in [0, 0.1) is 0 Å². The Kier molecular flexibility index (Phi) is 8.87. The number of halogens is 3. The first-order valence-corrected chi connectivity index (χ1v) is 9.58. The summed E-state index contributed by atoms with van der Waals surface area (Å²) in [7, 11) is 0. The van der Waals surface area contributed by atoms with Crippen molar-refractivity contribution in [3.05, 3.63) is 71.6 Å². The second-order valence-electron chi connectivity index (χ2n) is 6.66. The third-order valence-corrected chi connectivity index (χ3v) is 4.32. The lowest BCUT2D eigenvalue weighted by molar-refractivity contribution is -0.192. The van der Waals surface area contributed by atoms with E-state index in [1.165, 1.54) is 29.3 Å². The van der Waals surface area contributed by atoms with Crippen LogP contribution in [-0.4, -0.2) is 45.8 Å². The molecular weight excluding hydrogens is 443 g/mol. The lowest BCUT2D eigenvalue weighted by atomic mass is 10.0. The van der Waals surface area contributed by atoms with Crippen LogP contribution in [0.5, 0.6) is 0 Å². The largest absolute Gasteiger partial charge is 0.490 e. The molecule has 33 heavy (non-hydrogen) atoms. The number of amides is 2. The maximum absolute atomic E-state index is 12.6. The van der Waals surface area contributed by atoms with E-state index in [1.54, 1.807) is 29.2 Å². The SMILES string of the molecule is O=C(C=Cc1cccc(C=CC(=O)N2CCCc3ccccc32)n1)NO.O=C(O)C(F)(F)F. The third kappa shape index (κ3) is 7.89. The predicted octanol–water partition coefficient (Wildman–Crippen LogP) is 3.23. The summed E-state index contributed by atoms with van der Waals surface area (Å²) < 4.78 is 31.7. The van der Waals surface area contributed by atoms with E-state index in [4.69, 9.17) is 15.1 Å². The second-order valence-corrected chi connectivity index (χ2v) is 6.66. The normalized spacial score (nSPS) is 13.3. The van der Waals surface area contributed by atoms with Crippen LogP contribution in [0.1, 0.15) is 23.4 Å². The fourth-order valence-electron chi connectivity index (χ4n) is 2.86. The molecule has 1 aliphatic heterocycles. The molecule has 0 unspecified atom stereocenters. The maximum atomic E-state index is 12.6. The molecule has 0 radical (unpaired) electrons. The Morgan fingerprint density at radius 1 is 1.00 bits per heavy atom. The smallest absolute Gasteiger partial charge is 0.475 e. The van der Waals surface area contributed by atoms with Crippen LogP contribution >= 0.6 is 0 Å². The van der Waals surface area contributed by atoms with E-state index in [9.17, 15) is 22.8 Å². The monoisotopic (exact) mass is 463 g/mol. The summed E-state index contributed by atoms with van der Waals surface area (Å²) in [5.41, 5.74) is 4.82. The van der Waals surface area contributed by atoms with Gasteiger partial charge in [0.25, 0.3) is 11.8 Å². The van der Waals surface area contributed by atoms with Crippen molar-refractivity contribution < 1.29 is 37.9 Å². The third-order valence-electron chi connectivity index (χ3n) is 4.32. The summed E-state index contributed by atoms with van der Waals surface area (Å²) in [6.07, 6.45) is 2.67. The highest BCUT2D eigenvalue weighted by atomic mass is 19.4. The van der Waals surface area contributed by atoms with Gasteiger partial charge in [-0.1, -0.05) is 24.3 Å². The number of hydrogen-bond donors (Lipinski definition) is 3. The van der Waals surface area contributed by atoms with Gasteiger partial charge in [0.05, 0.1) is 11.4 Å². The van der Waals surface area contributed by atoms with Gasteiger partial charge in [0.1, 0.15) is 0 Å². The van der Waals surface area contributed by atoms with Crippen LogP contribution in [0.3, 0.4) is 0 Å². The first-order valence-electron chi connectivity index (χ1n) is 9.58. The van der Waals surface area contributed by atoms with Gasteiger partial charge in [-0.3, -0.25) is 14.8 Å². The molecule has 8 nitrogen and oxygen atoms in total. The van der Waals surface area contributed by atoms with E-state index in [0.717, 1.165) is 18.5 Å². The van der Waals surface area contributed by atoms with Crippen molar-refractivity contribution in [2.75, 3.05) is 11.4 Å².